The van der Waals surface area contributed by atoms with Crippen LogP contribution in [-0.4, -0.2) is 24.9 Å². The molecule has 0 unspecified atom stereocenters. The molecule has 2 aromatic rings. The lowest BCUT2D eigenvalue weighted by Crippen LogP contribution is -2.05. The number of H-pyrrole nitrogens is 1. The van der Waals surface area contributed by atoms with Crippen LogP contribution in [0.4, 0.5) is 5.69 Å². The van der Waals surface area contributed by atoms with Crippen molar-refractivity contribution in [2.24, 2.45) is 0 Å². The van der Waals surface area contributed by atoms with Crippen molar-refractivity contribution in [2.75, 3.05) is 0 Å². The molecule has 0 aromatic carbocycles. The second kappa shape index (κ2) is 5.10. The van der Waals surface area contributed by atoms with Crippen LogP contribution in [0.3, 0.4) is 0 Å². The van der Waals surface area contributed by atoms with Crippen LogP contribution in [0.25, 0.3) is 0 Å². The van der Waals surface area contributed by atoms with Crippen LogP contribution < -0.4 is 5.56 Å². The number of rotatable bonds is 3. The van der Waals surface area contributed by atoms with Crippen molar-refractivity contribution in [3.8, 4) is 0 Å². The highest BCUT2D eigenvalue weighted by molar-refractivity contribution is 7.99. The normalized spacial score (nSPS) is 10.3. The predicted molar refractivity (Wildman–Crippen MR) is 62.7 cm³/mol. The topological polar surface area (TPSA) is 115 Å². The number of halogens is 1. The highest BCUT2D eigenvalue weighted by atomic mass is 35.5. The Balaban J connectivity index is 2.42. The molecule has 0 amide bonds. The van der Waals surface area contributed by atoms with Gasteiger partial charge in [0.15, 0.2) is 10.2 Å². The maximum absolute atomic E-state index is 11.1. The van der Waals surface area contributed by atoms with Gasteiger partial charge in [0.05, 0.1) is 4.92 Å². The number of aromatic nitrogens is 4. The van der Waals surface area contributed by atoms with Crippen LogP contribution >= 0.6 is 23.4 Å². The van der Waals surface area contributed by atoms with E-state index in [9.17, 15) is 14.9 Å². The van der Waals surface area contributed by atoms with Gasteiger partial charge in [-0.15, -0.1) is 0 Å². The van der Waals surface area contributed by atoms with Gasteiger partial charge in [-0.3, -0.25) is 14.9 Å². The van der Waals surface area contributed by atoms with Gasteiger partial charge in [-0.1, -0.05) is 0 Å². The Bertz CT molecular complexity index is 661. The average Bonchev–Trinajstić information content (AvgIpc) is 2.28. The summed E-state index contributed by atoms with van der Waals surface area (Å²) in [6, 6.07) is 1.23. The Morgan fingerprint density at radius 3 is 2.89 bits per heavy atom. The molecule has 0 bridgehead atoms. The van der Waals surface area contributed by atoms with Crippen molar-refractivity contribution >= 4 is 29.1 Å². The first-order valence-electron chi connectivity index (χ1n) is 4.46. The summed E-state index contributed by atoms with van der Waals surface area (Å²) < 4.78 is 0. The van der Waals surface area contributed by atoms with Crippen molar-refractivity contribution in [3.63, 3.8) is 0 Å². The summed E-state index contributed by atoms with van der Waals surface area (Å²) in [5.41, 5.74) is -0.675. The third-order valence-corrected chi connectivity index (χ3v) is 2.82. The van der Waals surface area contributed by atoms with E-state index in [1.165, 1.54) is 12.3 Å². The van der Waals surface area contributed by atoms with Crippen molar-refractivity contribution in [3.05, 3.63) is 44.2 Å². The zero-order valence-corrected chi connectivity index (χ0v) is 10.1. The van der Waals surface area contributed by atoms with Gasteiger partial charge in [0.2, 0.25) is 5.28 Å². The molecule has 92 valence electrons. The first kappa shape index (κ1) is 12.5. The fraction of sp³-hybridized carbons (Fsp3) is 0. The Morgan fingerprint density at radius 2 is 2.22 bits per heavy atom. The third kappa shape index (κ3) is 2.81. The molecule has 8 nitrogen and oxygen atoms in total. The highest BCUT2D eigenvalue weighted by Crippen LogP contribution is 2.30. The summed E-state index contributed by atoms with van der Waals surface area (Å²) in [7, 11) is 0. The van der Waals surface area contributed by atoms with E-state index in [0.29, 0.717) is 0 Å². The van der Waals surface area contributed by atoms with Crippen molar-refractivity contribution in [1.29, 1.82) is 0 Å². The van der Waals surface area contributed by atoms with Crippen LogP contribution in [0.1, 0.15) is 0 Å². The van der Waals surface area contributed by atoms with Crippen LogP contribution in [0, 0.1) is 10.1 Å². The third-order valence-electron chi connectivity index (χ3n) is 1.74. The van der Waals surface area contributed by atoms with Crippen LogP contribution in [0.5, 0.6) is 0 Å². The Kier molecular flexibility index (Phi) is 3.53. The monoisotopic (exact) mass is 285 g/mol. The molecule has 10 heteroatoms. The molecule has 0 aliphatic rings. The average molecular weight is 286 g/mol. The van der Waals surface area contributed by atoms with E-state index >= 15 is 0 Å². The minimum atomic E-state index is -0.639. The molecule has 2 rings (SSSR count). The molecule has 0 fully saturated rings. The second-order valence-corrected chi connectivity index (χ2v) is 4.24. The summed E-state index contributed by atoms with van der Waals surface area (Å²) in [6.07, 6.45) is 2.29. The molecule has 2 aromatic heterocycles. The Labute approximate surface area is 109 Å². The molecule has 0 saturated heterocycles. The number of hydrogen-bond acceptors (Lipinski definition) is 7. The van der Waals surface area contributed by atoms with E-state index in [2.05, 4.69) is 19.9 Å². The van der Waals surface area contributed by atoms with Gasteiger partial charge < -0.3 is 4.98 Å². The predicted octanol–water partition coefficient (Wildman–Crippen LogP) is 1.27. The standard InChI is InChI=1S/C8H4ClN5O3S/c9-7-11-3-4(14(16)17)6(13-7)18-8-10-2-1-5(15)12-8/h1-3H,(H,10,12,15). The lowest BCUT2D eigenvalue weighted by molar-refractivity contribution is -0.388. The summed E-state index contributed by atoms with van der Waals surface area (Å²) >= 11 is 6.40. The summed E-state index contributed by atoms with van der Waals surface area (Å²) in [6.45, 7) is 0. The van der Waals surface area contributed by atoms with Crippen molar-refractivity contribution in [2.45, 2.75) is 10.2 Å². The van der Waals surface area contributed by atoms with Gasteiger partial charge in [0.1, 0.15) is 6.20 Å². The molecule has 2 heterocycles. The fourth-order valence-corrected chi connectivity index (χ4v) is 2.03. The SMILES string of the molecule is O=c1ccnc(Sc2nc(Cl)ncc2[N+](=O)[O-])[nH]1. The van der Waals surface area contributed by atoms with Crippen molar-refractivity contribution in [1.82, 2.24) is 19.9 Å². The second-order valence-electron chi connectivity index (χ2n) is 2.93. The smallest absolute Gasteiger partial charge is 0.301 e. The van der Waals surface area contributed by atoms with Gasteiger partial charge in [0, 0.05) is 12.3 Å². The molecule has 1 N–H and O–H groups in total. The largest absolute Gasteiger partial charge is 0.320 e. The van der Waals surface area contributed by atoms with Gasteiger partial charge in [-0.25, -0.2) is 15.0 Å². The number of aromatic amines is 1. The van der Waals surface area contributed by atoms with E-state index in [0.717, 1.165) is 18.0 Å². The summed E-state index contributed by atoms with van der Waals surface area (Å²) in [5, 5.41) is 10.8. The van der Waals surface area contributed by atoms with Gasteiger partial charge in [-0.05, 0) is 23.4 Å². The fourth-order valence-electron chi connectivity index (χ4n) is 1.04. The van der Waals surface area contributed by atoms with E-state index in [4.69, 9.17) is 11.6 Å². The zero-order chi connectivity index (χ0) is 13.1. The van der Waals surface area contributed by atoms with Gasteiger partial charge >= 0.3 is 5.69 Å². The van der Waals surface area contributed by atoms with E-state index < -0.39 is 4.92 Å². The maximum Gasteiger partial charge on any atom is 0.320 e. The quantitative estimate of drug-likeness (QED) is 0.391. The molecule has 18 heavy (non-hydrogen) atoms. The first-order valence-corrected chi connectivity index (χ1v) is 5.66. The number of nitro groups is 1. The Hall–Kier alpha value is -2.00. The number of hydrogen-bond donors (Lipinski definition) is 1. The summed E-state index contributed by atoms with van der Waals surface area (Å²) in [4.78, 5) is 34.7. The maximum atomic E-state index is 11.1. The van der Waals surface area contributed by atoms with Crippen molar-refractivity contribution < 1.29 is 4.92 Å². The molecular formula is C8H4ClN5O3S. The minimum absolute atomic E-state index is 0.00866. The molecule has 0 aliphatic carbocycles. The molecule has 0 spiro atoms. The van der Waals surface area contributed by atoms with Crippen LogP contribution in [0.2, 0.25) is 5.28 Å². The molecular weight excluding hydrogens is 282 g/mol. The van der Waals surface area contributed by atoms with Crippen LogP contribution in [-0.2, 0) is 0 Å². The van der Waals surface area contributed by atoms with E-state index in [1.54, 1.807) is 0 Å². The minimum Gasteiger partial charge on any atom is -0.301 e. The van der Waals surface area contributed by atoms with Gasteiger partial charge in [-0.2, -0.15) is 0 Å². The first-order chi connectivity index (χ1) is 8.56. The van der Waals surface area contributed by atoms with Gasteiger partial charge in [0.25, 0.3) is 5.56 Å². The lowest BCUT2D eigenvalue weighted by atomic mass is 10.6. The molecule has 0 atom stereocenters. The van der Waals surface area contributed by atoms with Crippen LogP contribution in [0.15, 0.2) is 33.4 Å². The highest BCUT2D eigenvalue weighted by Gasteiger charge is 2.18. The number of nitrogens with one attached hydrogen (secondary N) is 1. The molecule has 0 radical (unpaired) electrons. The van der Waals surface area contributed by atoms with E-state index in [1.807, 2.05) is 0 Å². The zero-order valence-electron chi connectivity index (χ0n) is 8.53. The Morgan fingerprint density at radius 1 is 1.44 bits per heavy atom. The molecule has 0 saturated carbocycles. The number of nitrogens with zero attached hydrogens (tertiary/aromatic N) is 4. The summed E-state index contributed by atoms with van der Waals surface area (Å²) in [5.74, 6) is 0. The lowest BCUT2D eigenvalue weighted by Gasteiger charge is -2.00. The molecule has 0 aliphatic heterocycles. The van der Waals surface area contributed by atoms with E-state index in [-0.39, 0.29) is 26.7 Å².